The Kier molecular flexibility index (Phi) is 5.86. The Labute approximate surface area is 192 Å². The molecule has 5 rings (SSSR count). The summed E-state index contributed by atoms with van der Waals surface area (Å²) >= 11 is 1.68. The zero-order chi connectivity index (χ0) is 21.9. The number of amides is 1. The summed E-state index contributed by atoms with van der Waals surface area (Å²) in [6.45, 7) is 1.86. The van der Waals surface area contributed by atoms with Crippen LogP contribution >= 0.6 is 11.8 Å². The molecule has 0 spiro atoms. The van der Waals surface area contributed by atoms with Crippen LogP contribution in [0.3, 0.4) is 0 Å². The van der Waals surface area contributed by atoms with Gasteiger partial charge >= 0.3 is 0 Å². The molecule has 0 aliphatic carbocycles. The fourth-order valence-electron chi connectivity index (χ4n) is 4.32. The first-order valence-corrected chi connectivity index (χ1v) is 12.0. The van der Waals surface area contributed by atoms with E-state index >= 15 is 0 Å². The zero-order valence-corrected chi connectivity index (χ0v) is 18.8. The fraction of sp³-hybridized carbons (Fsp3) is 0.231. The largest absolute Gasteiger partial charge is 0.492 e. The van der Waals surface area contributed by atoms with Crippen molar-refractivity contribution in [2.24, 2.45) is 0 Å². The third kappa shape index (κ3) is 4.10. The van der Waals surface area contributed by atoms with Crippen LogP contribution in [-0.2, 0) is 11.3 Å². The summed E-state index contributed by atoms with van der Waals surface area (Å²) in [4.78, 5) is 20.9. The third-order valence-electron chi connectivity index (χ3n) is 5.87. The smallest absolute Gasteiger partial charge is 0.227 e. The predicted octanol–water partition coefficient (Wildman–Crippen LogP) is 5.36. The van der Waals surface area contributed by atoms with Crippen molar-refractivity contribution in [2.45, 2.75) is 23.8 Å². The SMILES string of the molecule is CSc1cccc(N2C[C@H](c3nc4ccccc4n3CCOc3ccccc3)CC2=O)c1. The molecule has 3 aromatic carbocycles. The lowest BCUT2D eigenvalue weighted by Gasteiger charge is -2.18. The maximum absolute atomic E-state index is 12.9. The molecule has 5 nitrogen and oxygen atoms in total. The first-order chi connectivity index (χ1) is 15.7. The van der Waals surface area contributed by atoms with Gasteiger partial charge in [0.25, 0.3) is 0 Å². The summed E-state index contributed by atoms with van der Waals surface area (Å²) in [6.07, 6.45) is 2.51. The maximum atomic E-state index is 12.9. The first-order valence-electron chi connectivity index (χ1n) is 10.8. The Hall–Kier alpha value is -3.25. The van der Waals surface area contributed by atoms with E-state index in [2.05, 4.69) is 22.8 Å². The molecule has 1 aliphatic heterocycles. The Morgan fingerprint density at radius 2 is 1.84 bits per heavy atom. The van der Waals surface area contributed by atoms with Gasteiger partial charge in [0.1, 0.15) is 18.2 Å². The van der Waals surface area contributed by atoms with Crippen LogP contribution in [0.25, 0.3) is 11.0 Å². The Bertz CT molecular complexity index is 1240. The number of para-hydroxylation sites is 3. The normalized spacial score (nSPS) is 16.1. The molecule has 0 unspecified atom stereocenters. The minimum absolute atomic E-state index is 0.0459. The number of fused-ring (bicyclic) bond motifs is 1. The molecule has 0 N–H and O–H groups in total. The molecule has 6 heteroatoms. The molecule has 1 aliphatic rings. The van der Waals surface area contributed by atoms with Crippen molar-refractivity contribution in [3.8, 4) is 5.75 Å². The highest BCUT2D eigenvalue weighted by Crippen LogP contribution is 2.34. The average Bonchev–Trinajstić information content (AvgIpc) is 3.40. The van der Waals surface area contributed by atoms with Crippen molar-refractivity contribution in [2.75, 3.05) is 24.3 Å². The lowest BCUT2D eigenvalue weighted by Crippen LogP contribution is -2.24. The second kappa shape index (κ2) is 9.09. The molecule has 1 fully saturated rings. The van der Waals surface area contributed by atoms with Crippen LogP contribution in [-0.4, -0.2) is 34.9 Å². The quantitative estimate of drug-likeness (QED) is 0.361. The van der Waals surface area contributed by atoms with Crippen molar-refractivity contribution in [1.82, 2.24) is 9.55 Å². The van der Waals surface area contributed by atoms with E-state index in [-0.39, 0.29) is 11.8 Å². The average molecular weight is 444 g/mol. The molecule has 1 amide bonds. The number of aromatic nitrogens is 2. The number of rotatable bonds is 7. The summed E-state index contributed by atoms with van der Waals surface area (Å²) in [5.74, 6) is 2.01. The number of imidazole rings is 1. The van der Waals surface area contributed by atoms with Crippen molar-refractivity contribution in [1.29, 1.82) is 0 Å². The third-order valence-corrected chi connectivity index (χ3v) is 6.59. The van der Waals surface area contributed by atoms with Crippen LogP contribution in [0.1, 0.15) is 18.2 Å². The van der Waals surface area contributed by atoms with Gasteiger partial charge in [-0.2, -0.15) is 0 Å². The minimum atomic E-state index is 0.0459. The molecule has 4 aromatic rings. The molecule has 1 atom stereocenters. The topological polar surface area (TPSA) is 47.4 Å². The van der Waals surface area contributed by atoms with E-state index < -0.39 is 0 Å². The fourth-order valence-corrected chi connectivity index (χ4v) is 4.77. The van der Waals surface area contributed by atoms with Gasteiger partial charge in [0.15, 0.2) is 0 Å². The number of thioether (sulfide) groups is 1. The lowest BCUT2D eigenvalue weighted by atomic mass is 10.1. The Morgan fingerprint density at radius 1 is 1.03 bits per heavy atom. The number of hydrogen-bond donors (Lipinski definition) is 0. The van der Waals surface area contributed by atoms with Crippen molar-refractivity contribution >= 4 is 34.4 Å². The molecule has 0 radical (unpaired) electrons. The molecule has 1 saturated heterocycles. The molecular formula is C26H25N3O2S. The van der Waals surface area contributed by atoms with E-state index in [1.807, 2.05) is 71.8 Å². The van der Waals surface area contributed by atoms with E-state index in [1.54, 1.807) is 11.8 Å². The van der Waals surface area contributed by atoms with Gasteiger partial charge in [-0.25, -0.2) is 4.98 Å². The Balaban J connectivity index is 1.41. The van der Waals surface area contributed by atoms with E-state index in [9.17, 15) is 4.79 Å². The molecule has 162 valence electrons. The predicted molar refractivity (Wildman–Crippen MR) is 130 cm³/mol. The summed E-state index contributed by atoms with van der Waals surface area (Å²) in [5.41, 5.74) is 2.99. The van der Waals surface area contributed by atoms with E-state index in [1.165, 1.54) is 0 Å². The highest BCUT2D eigenvalue weighted by atomic mass is 32.2. The minimum Gasteiger partial charge on any atom is -0.492 e. The summed E-state index contributed by atoms with van der Waals surface area (Å²) in [7, 11) is 0. The van der Waals surface area contributed by atoms with E-state index in [0.29, 0.717) is 26.1 Å². The van der Waals surface area contributed by atoms with Crippen molar-refractivity contribution in [3.05, 3.63) is 84.7 Å². The number of carbonyl (C=O) groups excluding carboxylic acids is 1. The highest BCUT2D eigenvalue weighted by Gasteiger charge is 2.34. The van der Waals surface area contributed by atoms with Crippen LogP contribution in [0.2, 0.25) is 0 Å². The zero-order valence-electron chi connectivity index (χ0n) is 18.0. The maximum Gasteiger partial charge on any atom is 0.227 e. The van der Waals surface area contributed by atoms with Gasteiger partial charge in [0.05, 0.1) is 17.6 Å². The van der Waals surface area contributed by atoms with Crippen LogP contribution in [0.5, 0.6) is 5.75 Å². The molecule has 0 bridgehead atoms. The van der Waals surface area contributed by atoms with Crippen LogP contribution < -0.4 is 9.64 Å². The van der Waals surface area contributed by atoms with Gasteiger partial charge in [-0.05, 0) is 48.7 Å². The number of benzene rings is 3. The van der Waals surface area contributed by atoms with Crippen LogP contribution in [0, 0.1) is 0 Å². The summed E-state index contributed by atoms with van der Waals surface area (Å²) in [5, 5.41) is 0. The number of carbonyl (C=O) groups is 1. The van der Waals surface area contributed by atoms with Crippen LogP contribution in [0.15, 0.2) is 83.8 Å². The summed E-state index contributed by atoms with van der Waals surface area (Å²) < 4.78 is 8.17. The molecule has 0 saturated carbocycles. The van der Waals surface area contributed by atoms with Gasteiger partial charge < -0.3 is 14.2 Å². The number of anilines is 1. The van der Waals surface area contributed by atoms with Gasteiger partial charge in [0.2, 0.25) is 5.91 Å². The number of nitrogens with zero attached hydrogens (tertiary/aromatic N) is 3. The first kappa shape index (κ1) is 20.6. The standard InChI is InChI=1S/C26H25N3O2S/c1-32-22-11-7-8-20(17-22)29-18-19(16-25(29)30)26-27-23-12-5-6-13-24(23)28(26)14-15-31-21-9-3-2-4-10-21/h2-13,17,19H,14-16,18H2,1H3/t19-/m1/s1. The lowest BCUT2D eigenvalue weighted by molar-refractivity contribution is -0.117. The molecule has 32 heavy (non-hydrogen) atoms. The molecular weight excluding hydrogens is 418 g/mol. The van der Waals surface area contributed by atoms with Gasteiger partial charge in [-0.1, -0.05) is 36.4 Å². The summed E-state index contributed by atoms with van der Waals surface area (Å²) in [6, 6.07) is 26.2. The molecule has 1 aromatic heterocycles. The van der Waals surface area contributed by atoms with E-state index in [0.717, 1.165) is 33.2 Å². The number of ether oxygens (including phenoxy) is 1. The van der Waals surface area contributed by atoms with Crippen molar-refractivity contribution < 1.29 is 9.53 Å². The van der Waals surface area contributed by atoms with E-state index in [4.69, 9.17) is 9.72 Å². The Morgan fingerprint density at radius 3 is 2.69 bits per heavy atom. The molecule has 2 heterocycles. The van der Waals surface area contributed by atoms with Crippen molar-refractivity contribution in [3.63, 3.8) is 0 Å². The highest BCUT2D eigenvalue weighted by molar-refractivity contribution is 7.98. The number of hydrogen-bond acceptors (Lipinski definition) is 4. The van der Waals surface area contributed by atoms with Gasteiger partial charge in [0, 0.05) is 29.5 Å². The monoisotopic (exact) mass is 443 g/mol. The van der Waals surface area contributed by atoms with Gasteiger partial charge in [-0.3, -0.25) is 4.79 Å². The van der Waals surface area contributed by atoms with Gasteiger partial charge in [-0.15, -0.1) is 11.8 Å². The van der Waals surface area contributed by atoms with Crippen LogP contribution in [0.4, 0.5) is 5.69 Å². The second-order valence-corrected chi connectivity index (χ2v) is 8.76. The second-order valence-electron chi connectivity index (χ2n) is 7.88.